The molecule has 0 saturated heterocycles. The molecule has 3 nitrogen and oxygen atoms in total. The summed E-state index contributed by atoms with van der Waals surface area (Å²) in [7, 11) is 3.84. The molecule has 0 aliphatic heterocycles. The normalized spacial score (nSPS) is 14.7. The predicted molar refractivity (Wildman–Crippen MR) is 72.1 cm³/mol. The maximum Gasteiger partial charge on any atom is 0.123 e. The van der Waals surface area contributed by atoms with E-state index in [2.05, 4.69) is 31.9 Å². The van der Waals surface area contributed by atoms with E-state index in [0.29, 0.717) is 12.0 Å². The van der Waals surface area contributed by atoms with Gasteiger partial charge < -0.3 is 10.5 Å². The quantitative estimate of drug-likeness (QED) is 0.822. The van der Waals surface area contributed by atoms with Crippen LogP contribution < -0.4 is 10.5 Å². The smallest absolute Gasteiger partial charge is 0.123 e. The number of hydrogen-bond donors (Lipinski definition) is 1. The summed E-state index contributed by atoms with van der Waals surface area (Å²) in [6.45, 7) is 6.00. The lowest BCUT2D eigenvalue weighted by atomic mass is 10.0. The summed E-state index contributed by atoms with van der Waals surface area (Å²) in [5, 5.41) is 0. The van der Waals surface area contributed by atoms with E-state index in [1.165, 1.54) is 5.56 Å². The molecule has 0 saturated carbocycles. The Hall–Kier alpha value is -1.06. The second-order valence-corrected chi connectivity index (χ2v) is 4.68. The molecular weight excluding hydrogens is 212 g/mol. The van der Waals surface area contributed by atoms with Crippen LogP contribution in [-0.4, -0.2) is 31.6 Å². The Morgan fingerprint density at radius 1 is 1.29 bits per heavy atom. The highest BCUT2D eigenvalue weighted by atomic mass is 16.5. The summed E-state index contributed by atoms with van der Waals surface area (Å²) in [6, 6.07) is 8.61. The molecule has 3 heteroatoms. The van der Waals surface area contributed by atoms with E-state index in [4.69, 9.17) is 10.5 Å². The minimum Gasteiger partial charge on any atom is -0.496 e. The van der Waals surface area contributed by atoms with Crippen LogP contribution in [0.2, 0.25) is 0 Å². The van der Waals surface area contributed by atoms with Crippen LogP contribution in [0.3, 0.4) is 0 Å². The number of nitrogens with two attached hydrogens (primary N) is 1. The molecule has 2 atom stereocenters. The highest BCUT2D eigenvalue weighted by Crippen LogP contribution is 2.20. The summed E-state index contributed by atoms with van der Waals surface area (Å²) in [5.41, 5.74) is 6.93. The van der Waals surface area contributed by atoms with Crippen molar-refractivity contribution in [2.24, 2.45) is 11.7 Å². The van der Waals surface area contributed by atoms with Crippen molar-refractivity contribution >= 4 is 0 Å². The van der Waals surface area contributed by atoms with Gasteiger partial charge in [0, 0.05) is 18.2 Å². The predicted octanol–water partition coefficient (Wildman–Crippen LogP) is 2.11. The van der Waals surface area contributed by atoms with Crippen LogP contribution >= 0.6 is 0 Å². The molecule has 2 N–H and O–H groups in total. The van der Waals surface area contributed by atoms with Gasteiger partial charge in [0.25, 0.3) is 0 Å². The molecular formula is C14H24N2O. The number of rotatable bonds is 6. The molecule has 96 valence electrons. The first-order valence-corrected chi connectivity index (χ1v) is 6.12. The molecule has 0 bridgehead atoms. The van der Waals surface area contributed by atoms with E-state index >= 15 is 0 Å². The molecule has 0 spiro atoms. The topological polar surface area (TPSA) is 38.5 Å². The first-order chi connectivity index (χ1) is 8.10. The lowest BCUT2D eigenvalue weighted by molar-refractivity contribution is 0.192. The lowest BCUT2D eigenvalue weighted by Gasteiger charge is -2.29. The monoisotopic (exact) mass is 236 g/mol. The molecule has 0 aromatic heterocycles. The minimum atomic E-state index is 0.463. The number of methoxy groups -OCH3 is 1. The van der Waals surface area contributed by atoms with E-state index in [-0.39, 0.29) is 0 Å². The molecule has 0 fully saturated rings. The third-order valence-electron chi connectivity index (χ3n) is 3.50. The van der Waals surface area contributed by atoms with E-state index in [9.17, 15) is 0 Å². The van der Waals surface area contributed by atoms with Crippen LogP contribution in [0.1, 0.15) is 19.4 Å². The van der Waals surface area contributed by atoms with Crippen molar-refractivity contribution in [3.63, 3.8) is 0 Å². The van der Waals surface area contributed by atoms with Gasteiger partial charge in [-0.15, -0.1) is 0 Å². The van der Waals surface area contributed by atoms with Crippen molar-refractivity contribution in [2.45, 2.75) is 26.4 Å². The van der Waals surface area contributed by atoms with Crippen molar-refractivity contribution in [3.8, 4) is 5.75 Å². The number of benzene rings is 1. The van der Waals surface area contributed by atoms with Gasteiger partial charge in [0.2, 0.25) is 0 Å². The second-order valence-electron chi connectivity index (χ2n) is 4.68. The summed E-state index contributed by atoms with van der Waals surface area (Å²) in [5.74, 6) is 1.45. The molecule has 0 aliphatic rings. The SMILES string of the molecule is COc1ccccc1CN(C)C(C)C(C)CN. The Balaban J connectivity index is 2.70. The fourth-order valence-electron chi connectivity index (χ4n) is 1.88. The van der Waals surface area contributed by atoms with E-state index in [1.54, 1.807) is 7.11 Å². The van der Waals surface area contributed by atoms with Crippen LogP contribution in [0.25, 0.3) is 0 Å². The van der Waals surface area contributed by atoms with E-state index < -0.39 is 0 Å². The van der Waals surface area contributed by atoms with Crippen LogP contribution in [0.4, 0.5) is 0 Å². The number of para-hydroxylation sites is 1. The average molecular weight is 236 g/mol. The van der Waals surface area contributed by atoms with Crippen molar-refractivity contribution in [1.29, 1.82) is 0 Å². The minimum absolute atomic E-state index is 0.463. The Labute approximate surface area is 105 Å². The van der Waals surface area contributed by atoms with Crippen molar-refractivity contribution in [3.05, 3.63) is 29.8 Å². The molecule has 0 amide bonds. The van der Waals surface area contributed by atoms with Crippen LogP contribution in [-0.2, 0) is 6.54 Å². The first kappa shape index (κ1) is 14.0. The summed E-state index contributed by atoms with van der Waals surface area (Å²) < 4.78 is 5.36. The molecule has 0 radical (unpaired) electrons. The van der Waals surface area contributed by atoms with Gasteiger partial charge in [0.15, 0.2) is 0 Å². The van der Waals surface area contributed by atoms with Crippen molar-refractivity contribution in [2.75, 3.05) is 20.7 Å². The van der Waals surface area contributed by atoms with Gasteiger partial charge in [-0.3, -0.25) is 4.90 Å². The van der Waals surface area contributed by atoms with Gasteiger partial charge in [0.1, 0.15) is 5.75 Å². The third-order valence-corrected chi connectivity index (χ3v) is 3.50. The fourth-order valence-corrected chi connectivity index (χ4v) is 1.88. The molecule has 0 aliphatic carbocycles. The Kier molecular flexibility index (Phi) is 5.45. The van der Waals surface area contributed by atoms with Crippen molar-refractivity contribution < 1.29 is 4.74 Å². The zero-order chi connectivity index (χ0) is 12.8. The number of nitrogens with zero attached hydrogens (tertiary/aromatic N) is 1. The largest absolute Gasteiger partial charge is 0.496 e. The second kappa shape index (κ2) is 6.62. The van der Waals surface area contributed by atoms with Crippen LogP contribution in [0.5, 0.6) is 5.75 Å². The Morgan fingerprint density at radius 3 is 2.53 bits per heavy atom. The van der Waals surface area contributed by atoms with Crippen LogP contribution in [0.15, 0.2) is 24.3 Å². The van der Waals surface area contributed by atoms with Gasteiger partial charge in [-0.1, -0.05) is 25.1 Å². The molecule has 1 rings (SSSR count). The fraction of sp³-hybridized carbons (Fsp3) is 0.571. The highest BCUT2D eigenvalue weighted by molar-refractivity contribution is 5.33. The number of hydrogen-bond acceptors (Lipinski definition) is 3. The zero-order valence-corrected chi connectivity index (χ0v) is 11.3. The van der Waals surface area contributed by atoms with E-state index in [1.807, 2.05) is 18.2 Å². The third kappa shape index (κ3) is 3.72. The van der Waals surface area contributed by atoms with Crippen molar-refractivity contribution in [1.82, 2.24) is 4.90 Å². The van der Waals surface area contributed by atoms with Gasteiger partial charge in [-0.05, 0) is 32.5 Å². The summed E-state index contributed by atoms with van der Waals surface area (Å²) in [6.07, 6.45) is 0. The van der Waals surface area contributed by atoms with Crippen LogP contribution in [0, 0.1) is 5.92 Å². The molecule has 0 heterocycles. The zero-order valence-electron chi connectivity index (χ0n) is 11.3. The molecule has 17 heavy (non-hydrogen) atoms. The first-order valence-electron chi connectivity index (χ1n) is 6.12. The maximum atomic E-state index is 5.71. The van der Waals surface area contributed by atoms with Gasteiger partial charge >= 0.3 is 0 Å². The van der Waals surface area contributed by atoms with E-state index in [0.717, 1.165) is 18.8 Å². The molecule has 1 aromatic rings. The summed E-state index contributed by atoms with van der Waals surface area (Å²) >= 11 is 0. The van der Waals surface area contributed by atoms with Gasteiger partial charge in [-0.25, -0.2) is 0 Å². The number of ether oxygens (including phenoxy) is 1. The maximum absolute atomic E-state index is 5.71. The lowest BCUT2D eigenvalue weighted by Crippen LogP contribution is -2.37. The average Bonchev–Trinajstić information content (AvgIpc) is 2.37. The van der Waals surface area contributed by atoms with Gasteiger partial charge in [0.05, 0.1) is 7.11 Å². The Bertz CT molecular complexity index is 341. The Morgan fingerprint density at radius 2 is 1.94 bits per heavy atom. The molecule has 2 unspecified atom stereocenters. The standard InChI is InChI=1S/C14H24N2O/c1-11(9-15)12(2)16(3)10-13-7-5-6-8-14(13)17-4/h5-8,11-12H,9-10,15H2,1-4H3. The summed E-state index contributed by atoms with van der Waals surface area (Å²) in [4.78, 5) is 2.31. The highest BCUT2D eigenvalue weighted by Gasteiger charge is 2.16. The molecule has 1 aromatic carbocycles. The van der Waals surface area contributed by atoms with Gasteiger partial charge in [-0.2, -0.15) is 0 Å².